The minimum absolute atomic E-state index is 0.172. The van der Waals surface area contributed by atoms with E-state index >= 15 is 0 Å². The van der Waals surface area contributed by atoms with E-state index in [1.165, 1.54) is 0 Å². The lowest BCUT2D eigenvalue weighted by atomic mass is 10.1. The monoisotopic (exact) mass is 293 g/mol. The molecule has 0 fully saturated rings. The summed E-state index contributed by atoms with van der Waals surface area (Å²) in [5.41, 5.74) is 0.990. The first-order valence-electron chi connectivity index (χ1n) is 5.84. The van der Waals surface area contributed by atoms with Gasteiger partial charge in [0.1, 0.15) is 0 Å². The van der Waals surface area contributed by atoms with Gasteiger partial charge in [0.25, 0.3) is 0 Å². The molecule has 0 bridgehead atoms. The van der Waals surface area contributed by atoms with Crippen LogP contribution in [0.5, 0.6) is 0 Å². The Kier molecular flexibility index (Phi) is 6.08. The molecule has 0 radical (unpaired) electrons. The van der Waals surface area contributed by atoms with Gasteiger partial charge in [-0.2, -0.15) is 0 Å². The van der Waals surface area contributed by atoms with Crippen molar-refractivity contribution in [2.45, 2.75) is 33.2 Å². The average molecular weight is 295 g/mol. The maximum absolute atomic E-state index is 6.19. The fraction of sp³-hybridized carbons (Fsp3) is 0.538. The van der Waals surface area contributed by atoms with E-state index in [0.717, 1.165) is 18.5 Å². The van der Waals surface area contributed by atoms with Crippen LogP contribution in [0.2, 0.25) is 15.1 Å². The number of hydrogen-bond donors (Lipinski definition) is 1. The van der Waals surface area contributed by atoms with Gasteiger partial charge in [0.15, 0.2) is 0 Å². The summed E-state index contributed by atoms with van der Waals surface area (Å²) in [6.07, 6.45) is 1.16. The van der Waals surface area contributed by atoms with Gasteiger partial charge < -0.3 is 5.32 Å². The molecule has 4 heteroatoms. The molecule has 0 amide bonds. The highest BCUT2D eigenvalue weighted by Gasteiger charge is 2.14. The smallest absolute Gasteiger partial charge is 0.0781 e. The van der Waals surface area contributed by atoms with Crippen LogP contribution < -0.4 is 5.32 Å². The summed E-state index contributed by atoms with van der Waals surface area (Å²) in [5.74, 6) is 0.652. The van der Waals surface area contributed by atoms with Crippen LogP contribution in [0.3, 0.4) is 0 Å². The Hall–Kier alpha value is 0.0500. The number of benzene rings is 1. The average Bonchev–Trinajstić information content (AvgIpc) is 2.32. The number of rotatable bonds is 5. The van der Waals surface area contributed by atoms with Crippen molar-refractivity contribution in [1.82, 2.24) is 5.32 Å². The van der Waals surface area contributed by atoms with Crippen LogP contribution in [-0.4, -0.2) is 6.54 Å². The van der Waals surface area contributed by atoms with Crippen molar-refractivity contribution in [2.24, 2.45) is 5.92 Å². The molecule has 17 heavy (non-hydrogen) atoms. The molecule has 0 aliphatic heterocycles. The Balaban J connectivity index is 2.76. The van der Waals surface area contributed by atoms with Crippen molar-refractivity contribution in [1.29, 1.82) is 0 Å². The molecule has 0 saturated carbocycles. The number of halogens is 3. The molecule has 1 aromatic carbocycles. The van der Waals surface area contributed by atoms with Crippen molar-refractivity contribution in [3.05, 3.63) is 32.8 Å². The zero-order chi connectivity index (χ0) is 13.0. The van der Waals surface area contributed by atoms with Crippen molar-refractivity contribution >= 4 is 34.8 Å². The molecule has 0 aliphatic rings. The molecule has 0 spiro atoms. The number of hydrogen-bond acceptors (Lipinski definition) is 1. The summed E-state index contributed by atoms with van der Waals surface area (Å²) in [6, 6.07) is 3.88. The lowest BCUT2D eigenvalue weighted by Crippen LogP contribution is -2.24. The third-order valence-corrected chi connectivity index (χ3v) is 4.31. The zero-order valence-electron chi connectivity index (χ0n) is 10.4. The van der Waals surface area contributed by atoms with Gasteiger partial charge in [-0.1, -0.05) is 61.1 Å². The van der Waals surface area contributed by atoms with Crippen LogP contribution in [0.15, 0.2) is 12.1 Å². The highest BCUT2D eigenvalue weighted by molar-refractivity contribution is 6.48. The molecule has 1 N–H and O–H groups in total. The van der Waals surface area contributed by atoms with E-state index in [0.29, 0.717) is 21.0 Å². The van der Waals surface area contributed by atoms with Crippen molar-refractivity contribution in [3.8, 4) is 0 Å². The molecule has 0 heterocycles. The van der Waals surface area contributed by atoms with Crippen LogP contribution in [0, 0.1) is 5.92 Å². The van der Waals surface area contributed by atoms with Gasteiger partial charge >= 0.3 is 0 Å². The van der Waals surface area contributed by atoms with Crippen LogP contribution in [-0.2, 0) is 0 Å². The summed E-state index contributed by atoms with van der Waals surface area (Å²) in [6.45, 7) is 7.45. The van der Waals surface area contributed by atoms with Gasteiger partial charge in [-0.15, -0.1) is 0 Å². The normalized spacial score (nSPS) is 14.7. The molecule has 2 atom stereocenters. The zero-order valence-corrected chi connectivity index (χ0v) is 12.6. The SMILES string of the molecule is CCC(C)CNC(C)c1ccc(Cl)c(Cl)c1Cl. The molecule has 1 rings (SSSR count). The maximum Gasteiger partial charge on any atom is 0.0781 e. The van der Waals surface area contributed by atoms with Crippen molar-refractivity contribution < 1.29 is 0 Å². The first kappa shape index (κ1) is 15.1. The third-order valence-electron chi connectivity index (χ3n) is 3.00. The van der Waals surface area contributed by atoms with Gasteiger partial charge in [-0.25, -0.2) is 0 Å². The molecular weight excluding hydrogens is 277 g/mol. The summed E-state index contributed by atoms with van der Waals surface area (Å²) in [4.78, 5) is 0. The second kappa shape index (κ2) is 6.84. The highest BCUT2D eigenvalue weighted by atomic mass is 35.5. The topological polar surface area (TPSA) is 12.0 Å². The first-order chi connectivity index (χ1) is 7.97. The molecule has 2 unspecified atom stereocenters. The van der Waals surface area contributed by atoms with Gasteiger partial charge in [0, 0.05) is 6.04 Å². The Morgan fingerprint density at radius 1 is 1.12 bits per heavy atom. The standard InChI is InChI=1S/C13H18Cl3N/c1-4-8(2)7-17-9(3)10-5-6-11(14)13(16)12(10)15/h5-6,8-9,17H,4,7H2,1-3H3. The Bertz CT molecular complexity index is 379. The summed E-state index contributed by atoms with van der Waals surface area (Å²) in [5, 5.41) is 4.92. The largest absolute Gasteiger partial charge is 0.310 e. The quantitative estimate of drug-likeness (QED) is 0.722. The van der Waals surface area contributed by atoms with Crippen molar-refractivity contribution in [3.63, 3.8) is 0 Å². The second-order valence-corrected chi connectivity index (χ2v) is 5.57. The molecule has 0 aliphatic carbocycles. The maximum atomic E-state index is 6.19. The second-order valence-electron chi connectivity index (χ2n) is 4.41. The van der Waals surface area contributed by atoms with Gasteiger partial charge in [0.05, 0.1) is 15.1 Å². The Morgan fingerprint density at radius 2 is 1.76 bits per heavy atom. The Morgan fingerprint density at radius 3 is 2.35 bits per heavy atom. The van der Waals surface area contributed by atoms with Crippen LogP contribution in [0.25, 0.3) is 0 Å². The van der Waals surface area contributed by atoms with Gasteiger partial charge in [-0.3, -0.25) is 0 Å². The molecule has 1 aromatic rings. The van der Waals surface area contributed by atoms with E-state index in [-0.39, 0.29) is 6.04 Å². The number of nitrogens with one attached hydrogen (secondary N) is 1. The third kappa shape index (κ3) is 4.03. The van der Waals surface area contributed by atoms with Crippen molar-refractivity contribution in [2.75, 3.05) is 6.54 Å². The van der Waals surface area contributed by atoms with E-state index in [9.17, 15) is 0 Å². The van der Waals surface area contributed by atoms with E-state index in [4.69, 9.17) is 34.8 Å². The minimum atomic E-state index is 0.172. The lowest BCUT2D eigenvalue weighted by molar-refractivity contribution is 0.461. The van der Waals surface area contributed by atoms with Crippen LogP contribution in [0.4, 0.5) is 0 Å². The highest BCUT2D eigenvalue weighted by Crippen LogP contribution is 2.35. The predicted octanol–water partition coefficient (Wildman–Crippen LogP) is 5.34. The molecule has 0 aromatic heterocycles. The predicted molar refractivity (Wildman–Crippen MR) is 77.3 cm³/mol. The fourth-order valence-corrected chi connectivity index (χ4v) is 2.21. The van der Waals surface area contributed by atoms with E-state index in [2.05, 4.69) is 26.1 Å². The molecule has 0 saturated heterocycles. The van der Waals surface area contributed by atoms with E-state index < -0.39 is 0 Å². The summed E-state index contributed by atoms with van der Waals surface area (Å²) in [7, 11) is 0. The minimum Gasteiger partial charge on any atom is -0.310 e. The van der Waals surface area contributed by atoms with E-state index in [1.54, 1.807) is 6.07 Å². The van der Waals surface area contributed by atoms with Crippen LogP contribution >= 0.6 is 34.8 Å². The molecule has 96 valence electrons. The summed E-state index contributed by atoms with van der Waals surface area (Å²) < 4.78 is 0. The van der Waals surface area contributed by atoms with Gasteiger partial charge in [-0.05, 0) is 31.0 Å². The van der Waals surface area contributed by atoms with E-state index in [1.807, 2.05) is 6.07 Å². The molecule has 1 nitrogen and oxygen atoms in total. The van der Waals surface area contributed by atoms with Crippen LogP contribution in [0.1, 0.15) is 38.8 Å². The molecular formula is C13H18Cl3N. The fourth-order valence-electron chi connectivity index (χ4n) is 1.51. The summed E-state index contributed by atoms with van der Waals surface area (Å²) >= 11 is 18.1. The Labute approximate surface area is 118 Å². The first-order valence-corrected chi connectivity index (χ1v) is 6.97. The van der Waals surface area contributed by atoms with Gasteiger partial charge in [0.2, 0.25) is 0 Å². The lowest BCUT2D eigenvalue weighted by Gasteiger charge is -2.19.